The second-order valence-corrected chi connectivity index (χ2v) is 7.09. The van der Waals surface area contributed by atoms with E-state index >= 15 is 0 Å². The lowest BCUT2D eigenvalue weighted by atomic mass is 10.1. The van der Waals surface area contributed by atoms with Gasteiger partial charge in [-0.2, -0.15) is 0 Å². The van der Waals surface area contributed by atoms with Crippen LogP contribution in [0.1, 0.15) is 23.6 Å². The van der Waals surface area contributed by atoms with Gasteiger partial charge < -0.3 is 4.74 Å². The number of benzene rings is 3. The molecule has 0 aliphatic heterocycles. The van der Waals surface area contributed by atoms with Crippen molar-refractivity contribution >= 4 is 33.5 Å². The Morgan fingerprint density at radius 1 is 1.04 bits per heavy atom. The van der Waals surface area contributed by atoms with Gasteiger partial charge in [0.15, 0.2) is 0 Å². The van der Waals surface area contributed by atoms with E-state index in [1.54, 1.807) is 18.3 Å². The number of hydrogen-bond donors (Lipinski definition) is 0. The predicted molar refractivity (Wildman–Crippen MR) is 115 cm³/mol. The molecular formula is C22H19BrN2O3. The molecule has 0 saturated carbocycles. The minimum Gasteiger partial charge on any atom is -0.488 e. The summed E-state index contributed by atoms with van der Waals surface area (Å²) in [5.74, 6) is 0.690. The maximum atomic E-state index is 10.7. The van der Waals surface area contributed by atoms with Crippen LogP contribution in [0.3, 0.4) is 0 Å². The lowest BCUT2D eigenvalue weighted by Crippen LogP contribution is -1.99. The van der Waals surface area contributed by atoms with Gasteiger partial charge in [0.25, 0.3) is 5.69 Å². The number of nitro benzene ring substituents is 1. The molecule has 5 nitrogen and oxygen atoms in total. The summed E-state index contributed by atoms with van der Waals surface area (Å²) in [6.07, 6.45) is 2.77. The predicted octanol–water partition coefficient (Wildman–Crippen LogP) is 6.25. The van der Waals surface area contributed by atoms with Crippen molar-refractivity contribution in [2.45, 2.75) is 20.0 Å². The summed E-state index contributed by atoms with van der Waals surface area (Å²) in [6.45, 7) is 2.43. The van der Waals surface area contributed by atoms with E-state index in [1.165, 1.54) is 17.7 Å². The van der Waals surface area contributed by atoms with Gasteiger partial charge in [-0.25, -0.2) is 0 Å². The molecule has 142 valence electrons. The van der Waals surface area contributed by atoms with E-state index in [2.05, 4.69) is 40.0 Å². The molecule has 0 radical (unpaired) electrons. The van der Waals surface area contributed by atoms with Gasteiger partial charge in [0, 0.05) is 28.4 Å². The van der Waals surface area contributed by atoms with Gasteiger partial charge in [-0.15, -0.1) is 0 Å². The van der Waals surface area contributed by atoms with E-state index in [0.29, 0.717) is 12.4 Å². The molecule has 0 aliphatic carbocycles. The Balaban J connectivity index is 1.74. The van der Waals surface area contributed by atoms with Gasteiger partial charge in [0.1, 0.15) is 12.4 Å². The molecule has 0 unspecified atom stereocenters. The lowest BCUT2D eigenvalue weighted by molar-refractivity contribution is -0.384. The monoisotopic (exact) mass is 438 g/mol. The second-order valence-electron chi connectivity index (χ2n) is 6.17. The first-order valence-electron chi connectivity index (χ1n) is 8.84. The van der Waals surface area contributed by atoms with Crippen LogP contribution in [0.5, 0.6) is 5.75 Å². The van der Waals surface area contributed by atoms with Crippen molar-refractivity contribution in [2.75, 3.05) is 0 Å². The second kappa shape index (κ2) is 9.28. The quantitative estimate of drug-likeness (QED) is 0.248. The van der Waals surface area contributed by atoms with Crippen molar-refractivity contribution in [2.24, 2.45) is 4.99 Å². The van der Waals surface area contributed by atoms with E-state index in [9.17, 15) is 10.1 Å². The van der Waals surface area contributed by atoms with Crippen molar-refractivity contribution in [1.82, 2.24) is 0 Å². The number of ether oxygens (including phenoxy) is 1. The minimum absolute atomic E-state index is 0.0642. The highest BCUT2D eigenvalue weighted by atomic mass is 79.9. The Morgan fingerprint density at radius 2 is 1.71 bits per heavy atom. The summed E-state index contributed by atoms with van der Waals surface area (Å²) in [6, 6.07) is 20.2. The highest BCUT2D eigenvalue weighted by Crippen LogP contribution is 2.24. The first-order chi connectivity index (χ1) is 13.5. The standard InChI is InChI=1S/C22H19BrN2O3/c1-2-16-3-8-20(9-4-16)24-14-18-13-19(23)7-12-22(18)28-15-17-5-10-21(11-6-17)25(26)27/h3-14H,2,15H2,1H3. The van der Waals surface area contributed by atoms with Crippen LogP contribution >= 0.6 is 15.9 Å². The molecule has 0 spiro atoms. The Labute approximate surface area is 172 Å². The summed E-state index contributed by atoms with van der Waals surface area (Å²) >= 11 is 3.48. The van der Waals surface area contributed by atoms with Crippen molar-refractivity contribution in [1.29, 1.82) is 0 Å². The van der Waals surface area contributed by atoms with Crippen LogP contribution in [-0.4, -0.2) is 11.1 Å². The number of hydrogen-bond acceptors (Lipinski definition) is 4. The van der Waals surface area contributed by atoms with Gasteiger partial charge in [-0.05, 0) is 60.0 Å². The molecule has 0 aliphatic rings. The molecule has 0 amide bonds. The molecule has 3 aromatic carbocycles. The van der Waals surface area contributed by atoms with Gasteiger partial charge in [-0.3, -0.25) is 15.1 Å². The van der Waals surface area contributed by atoms with Crippen LogP contribution in [0.4, 0.5) is 11.4 Å². The molecule has 0 saturated heterocycles. The van der Waals surface area contributed by atoms with E-state index in [4.69, 9.17) is 4.74 Å². The first-order valence-corrected chi connectivity index (χ1v) is 9.63. The van der Waals surface area contributed by atoms with Crippen LogP contribution in [0.25, 0.3) is 0 Å². The topological polar surface area (TPSA) is 64.7 Å². The van der Waals surface area contributed by atoms with E-state index in [0.717, 1.165) is 27.7 Å². The summed E-state index contributed by atoms with van der Waals surface area (Å²) in [5.41, 5.74) is 3.91. The van der Waals surface area contributed by atoms with E-state index < -0.39 is 4.92 Å². The number of non-ortho nitro benzene ring substituents is 1. The van der Waals surface area contributed by atoms with Crippen LogP contribution < -0.4 is 4.74 Å². The highest BCUT2D eigenvalue weighted by Gasteiger charge is 2.06. The fourth-order valence-corrected chi connectivity index (χ4v) is 2.97. The highest BCUT2D eigenvalue weighted by molar-refractivity contribution is 9.10. The number of rotatable bonds is 7. The number of nitro groups is 1. The maximum absolute atomic E-state index is 10.7. The third-order valence-electron chi connectivity index (χ3n) is 4.21. The Hall–Kier alpha value is -2.99. The molecular weight excluding hydrogens is 420 g/mol. The summed E-state index contributed by atoms with van der Waals surface area (Å²) < 4.78 is 6.85. The SMILES string of the molecule is CCc1ccc(N=Cc2cc(Br)ccc2OCc2ccc([N+](=O)[O-])cc2)cc1. The molecule has 0 bridgehead atoms. The molecule has 3 aromatic rings. The molecule has 0 atom stereocenters. The van der Waals surface area contributed by atoms with Crippen molar-refractivity contribution in [3.05, 3.63) is 98.0 Å². The summed E-state index contributed by atoms with van der Waals surface area (Å²) in [7, 11) is 0. The third-order valence-corrected chi connectivity index (χ3v) is 4.70. The minimum atomic E-state index is -0.416. The molecule has 3 rings (SSSR count). The van der Waals surface area contributed by atoms with E-state index in [1.807, 2.05) is 30.3 Å². The molecule has 0 fully saturated rings. The Morgan fingerprint density at radius 3 is 2.36 bits per heavy atom. The van der Waals surface area contributed by atoms with Crippen LogP contribution in [0.15, 0.2) is 76.2 Å². The zero-order chi connectivity index (χ0) is 19.9. The van der Waals surface area contributed by atoms with Crippen molar-refractivity contribution in [3.8, 4) is 5.75 Å². The smallest absolute Gasteiger partial charge is 0.269 e. The van der Waals surface area contributed by atoms with Gasteiger partial charge in [0.2, 0.25) is 0 Å². The van der Waals surface area contributed by atoms with Gasteiger partial charge in [-0.1, -0.05) is 35.0 Å². The van der Waals surface area contributed by atoms with E-state index in [-0.39, 0.29) is 5.69 Å². The van der Waals surface area contributed by atoms with Crippen molar-refractivity contribution < 1.29 is 9.66 Å². The zero-order valence-electron chi connectivity index (χ0n) is 15.3. The van der Waals surface area contributed by atoms with Gasteiger partial charge >= 0.3 is 0 Å². The largest absolute Gasteiger partial charge is 0.488 e. The van der Waals surface area contributed by atoms with Crippen LogP contribution in [0, 0.1) is 10.1 Å². The fourth-order valence-electron chi connectivity index (χ4n) is 2.59. The average Bonchev–Trinajstić information content (AvgIpc) is 2.72. The molecule has 0 aromatic heterocycles. The van der Waals surface area contributed by atoms with Gasteiger partial charge in [0.05, 0.1) is 10.6 Å². The summed E-state index contributed by atoms with van der Waals surface area (Å²) in [5, 5.41) is 10.7. The zero-order valence-corrected chi connectivity index (χ0v) is 16.9. The van der Waals surface area contributed by atoms with Crippen LogP contribution in [-0.2, 0) is 13.0 Å². The lowest BCUT2D eigenvalue weighted by Gasteiger charge is -2.10. The molecule has 6 heteroatoms. The molecule has 0 heterocycles. The summed E-state index contributed by atoms with van der Waals surface area (Å²) in [4.78, 5) is 14.9. The normalized spacial score (nSPS) is 10.9. The van der Waals surface area contributed by atoms with Crippen LogP contribution in [0.2, 0.25) is 0 Å². The maximum Gasteiger partial charge on any atom is 0.269 e. The number of halogens is 1. The van der Waals surface area contributed by atoms with Crippen molar-refractivity contribution in [3.63, 3.8) is 0 Å². The third kappa shape index (κ3) is 5.27. The Kier molecular flexibility index (Phi) is 6.55. The molecule has 0 N–H and O–H groups in total. The molecule has 28 heavy (non-hydrogen) atoms. The number of aliphatic imine (C=N–C) groups is 1. The fraction of sp³-hybridized carbons (Fsp3) is 0.136. The number of aryl methyl sites for hydroxylation is 1. The first kappa shape index (κ1) is 19.8. The Bertz CT molecular complexity index is 984. The number of nitrogens with zero attached hydrogens (tertiary/aromatic N) is 2. The average molecular weight is 439 g/mol.